The van der Waals surface area contributed by atoms with Crippen LogP contribution in [0.1, 0.15) is 5.56 Å². The lowest BCUT2D eigenvalue weighted by Gasteiger charge is -2.07. The summed E-state index contributed by atoms with van der Waals surface area (Å²) in [6.45, 7) is 0.668. The SMILES string of the molecule is Fc1ccc(NCc2cccc(Br)c2)cc1Cl. The summed E-state index contributed by atoms with van der Waals surface area (Å²) in [5, 5.41) is 3.31. The van der Waals surface area contributed by atoms with E-state index < -0.39 is 5.82 Å². The van der Waals surface area contributed by atoms with Crippen molar-refractivity contribution in [1.82, 2.24) is 0 Å². The van der Waals surface area contributed by atoms with Crippen LogP contribution in [0.3, 0.4) is 0 Å². The first-order valence-corrected chi connectivity index (χ1v) is 6.25. The summed E-state index contributed by atoms with van der Waals surface area (Å²) in [7, 11) is 0. The molecule has 2 aromatic rings. The predicted octanol–water partition coefficient (Wildman–Crippen LogP) is 4.85. The van der Waals surface area contributed by atoms with E-state index in [4.69, 9.17) is 11.6 Å². The first-order chi connectivity index (χ1) is 8.15. The molecule has 1 N–H and O–H groups in total. The van der Waals surface area contributed by atoms with Gasteiger partial charge in [0.25, 0.3) is 0 Å². The number of hydrogen-bond donors (Lipinski definition) is 1. The molecule has 0 amide bonds. The van der Waals surface area contributed by atoms with Gasteiger partial charge in [0.1, 0.15) is 5.82 Å². The molecule has 0 saturated heterocycles. The van der Waals surface area contributed by atoms with Crippen LogP contribution in [0, 0.1) is 5.82 Å². The molecule has 2 aromatic carbocycles. The lowest BCUT2D eigenvalue weighted by atomic mass is 10.2. The fourth-order valence-electron chi connectivity index (χ4n) is 1.46. The molecule has 0 aromatic heterocycles. The van der Waals surface area contributed by atoms with Gasteiger partial charge >= 0.3 is 0 Å². The van der Waals surface area contributed by atoms with Gasteiger partial charge in [-0.2, -0.15) is 0 Å². The average molecular weight is 315 g/mol. The van der Waals surface area contributed by atoms with Crippen molar-refractivity contribution in [2.75, 3.05) is 5.32 Å². The standard InChI is InChI=1S/C13H10BrClFN/c14-10-3-1-2-9(6-10)8-17-11-4-5-13(16)12(15)7-11/h1-7,17H,8H2. The van der Waals surface area contributed by atoms with Gasteiger partial charge in [-0.25, -0.2) is 4.39 Å². The number of halogens is 3. The average Bonchev–Trinajstić information content (AvgIpc) is 2.31. The highest BCUT2D eigenvalue weighted by Gasteiger charge is 2.00. The number of rotatable bonds is 3. The summed E-state index contributed by atoms with van der Waals surface area (Å²) in [5.41, 5.74) is 1.94. The van der Waals surface area contributed by atoms with Crippen LogP contribution in [-0.4, -0.2) is 0 Å². The van der Waals surface area contributed by atoms with Gasteiger partial charge in [0.2, 0.25) is 0 Å². The minimum Gasteiger partial charge on any atom is -0.381 e. The van der Waals surface area contributed by atoms with E-state index >= 15 is 0 Å². The molecular formula is C13H10BrClFN. The highest BCUT2D eigenvalue weighted by atomic mass is 79.9. The Morgan fingerprint density at radius 1 is 1.18 bits per heavy atom. The monoisotopic (exact) mass is 313 g/mol. The Bertz CT molecular complexity index is 531. The molecule has 0 spiro atoms. The van der Waals surface area contributed by atoms with Crippen LogP contribution in [0.4, 0.5) is 10.1 Å². The van der Waals surface area contributed by atoms with Crippen molar-refractivity contribution in [2.24, 2.45) is 0 Å². The van der Waals surface area contributed by atoms with E-state index in [1.165, 1.54) is 6.07 Å². The molecule has 0 radical (unpaired) electrons. The van der Waals surface area contributed by atoms with Gasteiger partial charge in [-0.1, -0.05) is 39.7 Å². The zero-order chi connectivity index (χ0) is 12.3. The Morgan fingerprint density at radius 3 is 2.71 bits per heavy atom. The lowest BCUT2D eigenvalue weighted by molar-refractivity contribution is 0.628. The van der Waals surface area contributed by atoms with Crippen molar-refractivity contribution in [2.45, 2.75) is 6.54 Å². The van der Waals surface area contributed by atoms with Crippen LogP contribution in [0.2, 0.25) is 5.02 Å². The highest BCUT2D eigenvalue weighted by molar-refractivity contribution is 9.10. The zero-order valence-corrected chi connectivity index (χ0v) is 11.2. The van der Waals surface area contributed by atoms with Crippen molar-refractivity contribution < 1.29 is 4.39 Å². The minimum absolute atomic E-state index is 0.129. The fourth-order valence-corrected chi connectivity index (χ4v) is 2.08. The Kier molecular flexibility index (Phi) is 4.02. The lowest BCUT2D eigenvalue weighted by Crippen LogP contribution is -1.99. The maximum Gasteiger partial charge on any atom is 0.141 e. The van der Waals surface area contributed by atoms with Crippen LogP contribution in [0.15, 0.2) is 46.9 Å². The van der Waals surface area contributed by atoms with Crippen LogP contribution < -0.4 is 5.32 Å². The third kappa shape index (κ3) is 3.45. The second-order valence-electron chi connectivity index (χ2n) is 3.61. The molecule has 0 aliphatic heterocycles. The number of benzene rings is 2. The molecule has 0 aliphatic carbocycles. The summed E-state index contributed by atoms with van der Waals surface area (Å²) in [6, 6.07) is 12.6. The van der Waals surface area contributed by atoms with E-state index in [1.807, 2.05) is 24.3 Å². The van der Waals surface area contributed by atoms with Gasteiger partial charge in [0, 0.05) is 16.7 Å². The highest BCUT2D eigenvalue weighted by Crippen LogP contribution is 2.20. The third-order valence-corrected chi connectivity index (χ3v) is 3.09. The molecule has 88 valence electrons. The van der Waals surface area contributed by atoms with Gasteiger partial charge in [0.15, 0.2) is 0 Å². The van der Waals surface area contributed by atoms with E-state index in [2.05, 4.69) is 21.2 Å². The fraction of sp³-hybridized carbons (Fsp3) is 0.0769. The van der Waals surface area contributed by atoms with E-state index in [9.17, 15) is 4.39 Å². The normalized spacial score (nSPS) is 10.3. The molecule has 2 rings (SSSR count). The molecule has 0 fully saturated rings. The topological polar surface area (TPSA) is 12.0 Å². The van der Waals surface area contributed by atoms with Crippen molar-refractivity contribution in [3.63, 3.8) is 0 Å². The maximum absolute atomic E-state index is 12.9. The molecule has 0 heterocycles. The molecular weight excluding hydrogens is 305 g/mol. The number of nitrogens with one attached hydrogen (secondary N) is 1. The summed E-state index contributed by atoms with van der Waals surface area (Å²) >= 11 is 9.11. The molecule has 0 aliphatic rings. The zero-order valence-electron chi connectivity index (χ0n) is 8.88. The molecule has 0 bridgehead atoms. The van der Waals surface area contributed by atoms with Crippen molar-refractivity contribution in [3.8, 4) is 0 Å². The maximum atomic E-state index is 12.9. The minimum atomic E-state index is -0.403. The smallest absolute Gasteiger partial charge is 0.141 e. The summed E-state index contributed by atoms with van der Waals surface area (Å²) in [5.74, 6) is -0.403. The Labute approximate surface area is 113 Å². The molecule has 1 nitrogen and oxygen atoms in total. The molecule has 0 atom stereocenters. The third-order valence-electron chi connectivity index (χ3n) is 2.31. The van der Waals surface area contributed by atoms with Gasteiger partial charge in [-0.05, 0) is 35.9 Å². The Hall–Kier alpha value is -1.06. The Morgan fingerprint density at radius 2 is 2.00 bits per heavy atom. The van der Waals surface area contributed by atoms with Crippen molar-refractivity contribution in [3.05, 3.63) is 63.3 Å². The second-order valence-corrected chi connectivity index (χ2v) is 4.94. The second kappa shape index (κ2) is 5.52. The van der Waals surface area contributed by atoms with Crippen LogP contribution in [-0.2, 0) is 6.54 Å². The molecule has 0 unspecified atom stereocenters. The summed E-state index contributed by atoms with van der Waals surface area (Å²) in [6.07, 6.45) is 0. The van der Waals surface area contributed by atoms with Gasteiger partial charge in [0.05, 0.1) is 5.02 Å². The summed E-state index contributed by atoms with van der Waals surface area (Å²) < 4.78 is 14.0. The molecule has 17 heavy (non-hydrogen) atoms. The number of hydrogen-bond acceptors (Lipinski definition) is 1. The first kappa shape index (κ1) is 12.4. The molecule has 4 heteroatoms. The van der Waals surface area contributed by atoms with Crippen LogP contribution >= 0.6 is 27.5 Å². The predicted molar refractivity (Wildman–Crippen MR) is 72.9 cm³/mol. The van der Waals surface area contributed by atoms with E-state index in [1.54, 1.807) is 12.1 Å². The quantitative estimate of drug-likeness (QED) is 0.853. The Balaban J connectivity index is 2.05. The van der Waals surface area contributed by atoms with Gasteiger partial charge < -0.3 is 5.32 Å². The van der Waals surface area contributed by atoms with E-state index in [0.29, 0.717) is 6.54 Å². The summed E-state index contributed by atoms with van der Waals surface area (Å²) in [4.78, 5) is 0. The largest absolute Gasteiger partial charge is 0.381 e. The van der Waals surface area contributed by atoms with Crippen LogP contribution in [0.5, 0.6) is 0 Å². The van der Waals surface area contributed by atoms with Gasteiger partial charge in [-0.15, -0.1) is 0 Å². The van der Waals surface area contributed by atoms with Crippen LogP contribution in [0.25, 0.3) is 0 Å². The van der Waals surface area contributed by atoms with Crippen molar-refractivity contribution >= 4 is 33.2 Å². The first-order valence-electron chi connectivity index (χ1n) is 5.08. The van der Waals surface area contributed by atoms with Crippen molar-refractivity contribution in [1.29, 1.82) is 0 Å². The number of anilines is 1. The molecule has 0 saturated carbocycles. The van der Waals surface area contributed by atoms with Gasteiger partial charge in [-0.3, -0.25) is 0 Å². The van der Waals surface area contributed by atoms with E-state index in [-0.39, 0.29) is 5.02 Å². The van der Waals surface area contributed by atoms with E-state index in [0.717, 1.165) is 15.7 Å².